The summed E-state index contributed by atoms with van der Waals surface area (Å²) in [5.74, 6) is 0.906. The van der Waals surface area contributed by atoms with E-state index in [4.69, 9.17) is 14.7 Å². The van der Waals surface area contributed by atoms with E-state index in [1.54, 1.807) is 43.2 Å². The van der Waals surface area contributed by atoms with Gasteiger partial charge in [0, 0.05) is 11.3 Å². The van der Waals surface area contributed by atoms with Crippen molar-refractivity contribution in [3.8, 4) is 5.75 Å². The minimum absolute atomic E-state index is 0.176. The van der Waals surface area contributed by atoms with Crippen molar-refractivity contribution < 1.29 is 14.3 Å². The van der Waals surface area contributed by atoms with Crippen molar-refractivity contribution in [3.05, 3.63) is 90.0 Å². The van der Waals surface area contributed by atoms with E-state index in [-0.39, 0.29) is 11.8 Å². The molecule has 1 N–H and O–H groups in total. The van der Waals surface area contributed by atoms with Crippen LogP contribution in [0.3, 0.4) is 0 Å². The maximum Gasteiger partial charge on any atom is 0.263 e. The van der Waals surface area contributed by atoms with Crippen LogP contribution in [0.1, 0.15) is 24.1 Å². The summed E-state index contributed by atoms with van der Waals surface area (Å²) in [6.07, 6.45) is 0. The largest absolute Gasteiger partial charge is 0.497 e. The molecule has 0 saturated heterocycles. The van der Waals surface area contributed by atoms with Gasteiger partial charge >= 0.3 is 0 Å². The van der Waals surface area contributed by atoms with Gasteiger partial charge in [0.15, 0.2) is 11.2 Å². The Kier molecular flexibility index (Phi) is 5.90. The van der Waals surface area contributed by atoms with Crippen LogP contribution in [0.25, 0.3) is 0 Å². The molecule has 2 aliphatic rings. The minimum Gasteiger partial charge on any atom is -0.497 e. The molecule has 0 unspecified atom stereocenters. The van der Waals surface area contributed by atoms with E-state index in [2.05, 4.69) is 5.32 Å². The van der Waals surface area contributed by atoms with Gasteiger partial charge in [-0.2, -0.15) is 0 Å². The standard InChI is InChI=1S/C26H22N4O3S/c1-16(24(31)27-18-12-14-19(33-2)15-13-18)34-26-28-21-11-7-6-10-20(21)23-29-22(25(32)30(23)26)17-8-4-3-5-9-17/h3-16,22H,1-2H3,(H,27,31)/t16-,22-/m1/s1. The number of ether oxygens (including phenoxy) is 1. The molecule has 0 aliphatic carbocycles. The first-order chi connectivity index (χ1) is 16.5. The topological polar surface area (TPSA) is 83.4 Å². The Bertz CT molecular complexity index is 1310. The van der Waals surface area contributed by atoms with Crippen LogP contribution in [0, 0.1) is 0 Å². The van der Waals surface area contributed by atoms with Gasteiger partial charge in [-0.15, -0.1) is 0 Å². The van der Waals surface area contributed by atoms with Crippen molar-refractivity contribution in [2.75, 3.05) is 12.4 Å². The molecule has 2 amide bonds. The van der Waals surface area contributed by atoms with Crippen LogP contribution < -0.4 is 10.1 Å². The molecule has 0 bridgehead atoms. The fourth-order valence-electron chi connectivity index (χ4n) is 3.81. The molecule has 3 aromatic rings. The predicted octanol–water partition coefficient (Wildman–Crippen LogP) is 4.79. The van der Waals surface area contributed by atoms with Crippen molar-refractivity contribution >= 4 is 46.0 Å². The second-order valence-electron chi connectivity index (χ2n) is 7.83. The number of nitrogens with zero attached hydrogens (tertiary/aromatic N) is 3. The Morgan fingerprint density at radius 1 is 1.03 bits per heavy atom. The number of rotatable bonds is 5. The molecular formula is C26H22N4O3S. The summed E-state index contributed by atoms with van der Waals surface area (Å²) in [6, 6.07) is 23.6. The molecule has 5 rings (SSSR count). The molecular weight excluding hydrogens is 448 g/mol. The van der Waals surface area contributed by atoms with Crippen LogP contribution in [0.5, 0.6) is 5.75 Å². The zero-order chi connectivity index (χ0) is 23.7. The number of thioether (sulfide) groups is 1. The first-order valence-electron chi connectivity index (χ1n) is 10.8. The highest BCUT2D eigenvalue weighted by Crippen LogP contribution is 2.38. The van der Waals surface area contributed by atoms with Crippen LogP contribution in [0.4, 0.5) is 11.4 Å². The Balaban J connectivity index is 1.41. The third-order valence-electron chi connectivity index (χ3n) is 5.59. The lowest BCUT2D eigenvalue weighted by Crippen LogP contribution is -2.41. The SMILES string of the molecule is COc1ccc(NC(=O)[C@@H](C)SC2=Nc3ccccc3C3=N[C@H](c4ccccc4)C(=O)N23)cc1. The van der Waals surface area contributed by atoms with E-state index < -0.39 is 11.3 Å². The second-order valence-corrected chi connectivity index (χ2v) is 9.14. The summed E-state index contributed by atoms with van der Waals surface area (Å²) in [6.45, 7) is 1.79. The first-order valence-corrected chi connectivity index (χ1v) is 11.7. The van der Waals surface area contributed by atoms with Gasteiger partial charge in [-0.25, -0.2) is 14.9 Å². The summed E-state index contributed by atoms with van der Waals surface area (Å²) in [7, 11) is 1.59. The summed E-state index contributed by atoms with van der Waals surface area (Å²) in [5.41, 5.74) is 3.01. The number of amides is 2. The van der Waals surface area contributed by atoms with E-state index in [0.717, 1.165) is 16.8 Å². The number of amidine groups is 2. The number of anilines is 1. The van der Waals surface area contributed by atoms with Gasteiger partial charge in [0.05, 0.1) is 18.0 Å². The van der Waals surface area contributed by atoms with Crippen molar-refractivity contribution in [2.24, 2.45) is 9.98 Å². The normalized spacial score (nSPS) is 17.3. The monoisotopic (exact) mass is 470 g/mol. The van der Waals surface area contributed by atoms with Crippen LogP contribution in [-0.4, -0.2) is 40.1 Å². The number of aliphatic imine (C=N–C) groups is 2. The number of carbonyl (C=O) groups is 2. The zero-order valence-electron chi connectivity index (χ0n) is 18.6. The van der Waals surface area contributed by atoms with Crippen LogP contribution in [0.2, 0.25) is 0 Å². The van der Waals surface area contributed by atoms with E-state index in [0.29, 0.717) is 22.4 Å². The number of nitrogens with one attached hydrogen (secondary N) is 1. The number of methoxy groups -OCH3 is 1. The van der Waals surface area contributed by atoms with Crippen molar-refractivity contribution in [3.63, 3.8) is 0 Å². The summed E-state index contributed by atoms with van der Waals surface area (Å²) >= 11 is 1.23. The number of fused-ring (bicyclic) bond motifs is 3. The molecule has 170 valence electrons. The van der Waals surface area contributed by atoms with Gasteiger partial charge < -0.3 is 10.1 Å². The Morgan fingerprint density at radius 3 is 2.47 bits per heavy atom. The molecule has 0 aromatic heterocycles. The van der Waals surface area contributed by atoms with Crippen LogP contribution >= 0.6 is 11.8 Å². The highest BCUT2D eigenvalue weighted by molar-refractivity contribution is 8.15. The fourth-order valence-corrected chi connectivity index (χ4v) is 4.73. The maximum atomic E-state index is 13.5. The van der Waals surface area contributed by atoms with Crippen molar-refractivity contribution in [2.45, 2.75) is 18.2 Å². The molecule has 3 aromatic carbocycles. The lowest BCUT2D eigenvalue weighted by Gasteiger charge is -2.26. The summed E-state index contributed by atoms with van der Waals surface area (Å²) in [4.78, 5) is 37.4. The average molecular weight is 471 g/mol. The van der Waals surface area contributed by atoms with Gasteiger partial charge in [0.25, 0.3) is 5.91 Å². The van der Waals surface area contributed by atoms with Gasteiger partial charge in [0.1, 0.15) is 11.6 Å². The Labute approximate surface area is 201 Å². The molecule has 34 heavy (non-hydrogen) atoms. The molecule has 2 aliphatic heterocycles. The highest BCUT2D eigenvalue weighted by atomic mass is 32.2. The van der Waals surface area contributed by atoms with Crippen molar-refractivity contribution in [1.82, 2.24) is 4.90 Å². The number of hydrogen-bond donors (Lipinski definition) is 1. The van der Waals surface area contributed by atoms with Gasteiger partial charge in [0.2, 0.25) is 5.91 Å². The molecule has 2 atom stereocenters. The zero-order valence-corrected chi connectivity index (χ0v) is 19.5. The van der Waals surface area contributed by atoms with Crippen molar-refractivity contribution in [1.29, 1.82) is 0 Å². The minimum atomic E-state index is -0.642. The first kappa shape index (κ1) is 21.9. The van der Waals surface area contributed by atoms with Gasteiger partial charge in [-0.05, 0) is 48.9 Å². The van der Waals surface area contributed by atoms with E-state index in [1.807, 2.05) is 54.6 Å². The highest BCUT2D eigenvalue weighted by Gasteiger charge is 2.42. The van der Waals surface area contributed by atoms with E-state index in [1.165, 1.54) is 11.8 Å². The molecule has 0 saturated carbocycles. The third-order valence-corrected chi connectivity index (χ3v) is 6.65. The van der Waals surface area contributed by atoms with E-state index >= 15 is 0 Å². The number of para-hydroxylation sites is 1. The molecule has 7 nitrogen and oxygen atoms in total. The molecule has 8 heteroatoms. The van der Waals surface area contributed by atoms with Crippen LogP contribution in [0.15, 0.2) is 88.8 Å². The summed E-state index contributed by atoms with van der Waals surface area (Å²) in [5, 5.41) is 2.84. The molecule has 0 spiro atoms. The van der Waals surface area contributed by atoms with Crippen LogP contribution in [-0.2, 0) is 9.59 Å². The Hall–Kier alpha value is -3.91. The number of hydrogen-bond acceptors (Lipinski definition) is 6. The van der Waals surface area contributed by atoms with E-state index in [9.17, 15) is 9.59 Å². The lowest BCUT2D eigenvalue weighted by atomic mass is 10.1. The molecule has 0 fully saturated rings. The average Bonchev–Trinajstić information content (AvgIpc) is 3.22. The van der Waals surface area contributed by atoms with Gasteiger partial charge in [-0.3, -0.25) is 9.59 Å². The Morgan fingerprint density at radius 2 is 1.74 bits per heavy atom. The summed E-state index contributed by atoms with van der Waals surface area (Å²) < 4.78 is 5.16. The predicted molar refractivity (Wildman–Crippen MR) is 135 cm³/mol. The number of carbonyl (C=O) groups excluding carboxylic acids is 2. The smallest absolute Gasteiger partial charge is 0.263 e. The molecule has 0 radical (unpaired) electrons. The number of benzene rings is 3. The second kappa shape index (κ2) is 9.15. The lowest BCUT2D eigenvalue weighted by molar-refractivity contribution is -0.124. The van der Waals surface area contributed by atoms with Gasteiger partial charge in [-0.1, -0.05) is 54.2 Å². The quantitative estimate of drug-likeness (QED) is 0.581. The maximum absolute atomic E-state index is 13.5. The molecule has 2 heterocycles. The third kappa shape index (κ3) is 4.08. The fraction of sp³-hybridized carbons (Fsp3) is 0.154.